The molecule has 0 saturated heterocycles. The Morgan fingerprint density at radius 3 is 2.86 bits per heavy atom. The lowest BCUT2D eigenvalue weighted by molar-refractivity contribution is -0.136. The Labute approximate surface area is 135 Å². The third-order valence-corrected chi connectivity index (χ3v) is 3.77. The van der Waals surface area contributed by atoms with Crippen LogP contribution in [0.5, 0.6) is 5.75 Å². The van der Waals surface area contributed by atoms with Crippen LogP contribution in [0.25, 0.3) is 0 Å². The van der Waals surface area contributed by atoms with E-state index in [2.05, 4.69) is 10.3 Å². The van der Waals surface area contributed by atoms with E-state index >= 15 is 0 Å². The van der Waals surface area contributed by atoms with Crippen LogP contribution in [0.2, 0.25) is 5.02 Å². The molecule has 116 valence electrons. The van der Waals surface area contributed by atoms with E-state index in [1.807, 2.05) is 0 Å². The number of carbonyl (C=O) groups is 2. The first-order valence-corrected chi connectivity index (χ1v) is 7.52. The molecule has 0 atom stereocenters. The normalized spacial score (nSPS) is 10.3. The smallest absolute Gasteiger partial charge is 0.309 e. The number of halogens is 1. The summed E-state index contributed by atoms with van der Waals surface area (Å²) in [5.41, 5.74) is 1.07. The molecule has 2 rings (SSSR count). The number of rotatable bonds is 6. The molecular formula is C14H13ClN2O4S. The third-order valence-electron chi connectivity index (χ3n) is 2.72. The van der Waals surface area contributed by atoms with Gasteiger partial charge in [-0.2, -0.15) is 0 Å². The minimum Gasteiger partial charge on any atom is -0.496 e. The standard InChI is InChI=1S/C14H13ClN2O4S/c1-21-11-3-2-9(15)4-8(11)5-12(18)17-14-16-10(7-22-14)6-13(19)20/h2-4,7H,5-6H2,1H3,(H,19,20)(H,16,17,18). The van der Waals surface area contributed by atoms with E-state index in [9.17, 15) is 9.59 Å². The molecule has 0 bridgehead atoms. The van der Waals surface area contributed by atoms with Crippen molar-refractivity contribution < 1.29 is 19.4 Å². The molecule has 0 aliphatic carbocycles. The van der Waals surface area contributed by atoms with Crippen molar-refractivity contribution >= 4 is 39.9 Å². The van der Waals surface area contributed by atoms with Crippen molar-refractivity contribution in [2.75, 3.05) is 12.4 Å². The Balaban J connectivity index is 2.02. The summed E-state index contributed by atoms with van der Waals surface area (Å²) < 4.78 is 5.18. The molecule has 0 saturated carbocycles. The predicted molar refractivity (Wildman–Crippen MR) is 83.8 cm³/mol. The maximum atomic E-state index is 12.0. The molecule has 0 fully saturated rings. The lowest BCUT2D eigenvalue weighted by atomic mass is 10.1. The number of aromatic nitrogens is 1. The SMILES string of the molecule is COc1ccc(Cl)cc1CC(=O)Nc1nc(CC(=O)O)cs1. The number of hydrogen-bond donors (Lipinski definition) is 2. The average molecular weight is 341 g/mol. The van der Waals surface area contributed by atoms with Crippen LogP contribution in [0.4, 0.5) is 5.13 Å². The average Bonchev–Trinajstić information content (AvgIpc) is 2.85. The second kappa shape index (κ2) is 7.24. The second-order valence-corrected chi connectivity index (χ2v) is 5.69. The molecule has 1 heterocycles. The zero-order chi connectivity index (χ0) is 16.1. The van der Waals surface area contributed by atoms with Crippen LogP contribution in [0.3, 0.4) is 0 Å². The van der Waals surface area contributed by atoms with Crippen molar-refractivity contribution in [1.29, 1.82) is 0 Å². The monoisotopic (exact) mass is 340 g/mol. The highest BCUT2D eigenvalue weighted by molar-refractivity contribution is 7.13. The zero-order valence-electron chi connectivity index (χ0n) is 11.6. The van der Waals surface area contributed by atoms with Gasteiger partial charge in [-0.15, -0.1) is 11.3 Å². The van der Waals surface area contributed by atoms with Crippen molar-refractivity contribution in [1.82, 2.24) is 4.98 Å². The Morgan fingerprint density at radius 2 is 2.18 bits per heavy atom. The van der Waals surface area contributed by atoms with Gasteiger partial charge < -0.3 is 15.2 Å². The fourth-order valence-electron chi connectivity index (χ4n) is 1.82. The van der Waals surface area contributed by atoms with Gasteiger partial charge >= 0.3 is 5.97 Å². The molecule has 0 radical (unpaired) electrons. The highest BCUT2D eigenvalue weighted by Gasteiger charge is 2.12. The van der Waals surface area contributed by atoms with Crippen LogP contribution in [0, 0.1) is 0 Å². The van der Waals surface area contributed by atoms with Gasteiger partial charge in [-0.3, -0.25) is 9.59 Å². The summed E-state index contributed by atoms with van der Waals surface area (Å²) in [5.74, 6) is -0.672. The van der Waals surface area contributed by atoms with Crippen molar-refractivity contribution in [3.8, 4) is 5.75 Å². The van der Waals surface area contributed by atoms with Gasteiger partial charge in [-0.25, -0.2) is 4.98 Å². The Kier molecular flexibility index (Phi) is 5.35. The van der Waals surface area contributed by atoms with Crippen molar-refractivity contribution in [3.63, 3.8) is 0 Å². The van der Waals surface area contributed by atoms with Crippen LogP contribution < -0.4 is 10.1 Å². The lowest BCUT2D eigenvalue weighted by Gasteiger charge is -2.08. The summed E-state index contributed by atoms with van der Waals surface area (Å²) in [6, 6.07) is 5.04. The molecular weight excluding hydrogens is 328 g/mol. The Morgan fingerprint density at radius 1 is 1.41 bits per heavy atom. The molecule has 1 aromatic carbocycles. The van der Waals surface area contributed by atoms with Gasteiger partial charge in [0.15, 0.2) is 5.13 Å². The number of anilines is 1. The van der Waals surface area contributed by atoms with E-state index in [-0.39, 0.29) is 18.7 Å². The molecule has 0 spiro atoms. The number of aliphatic carboxylic acids is 1. The van der Waals surface area contributed by atoms with Gasteiger partial charge in [0, 0.05) is 16.0 Å². The van der Waals surface area contributed by atoms with Gasteiger partial charge in [-0.1, -0.05) is 11.6 Å². The predicted octanol–water partition coefficient (Wildman–Crippen LogP) is 2.61. The number of carbonyl (C=O) groups excluding carboxylic acids is 1. The summed E-state index contributed by atoms with van der Waals surface area (Å²) in [5, 5.41) is 13.8. The first-order chi connectivity index (χ1) is 10.5. The number of carboxylic acid groups (broad SMARTS) is 1. The topological polar surface area (TPSA) is 88.5 Å². The molecule has 0 aliphatic heterocycles. The van der Waals surface area contributed by atoms with Crippen LogP contribution in [-0.2, 0) is 22.4 Å². The molecule has 22 heavy (non-hydrogen) atoms. The van der Waals surface area contributed by atoms with Gasteiger partial charge in [0.2, 0.25) is 5.91 Å². The fourth-order valence-corrected chi connectivity index (χ4v) is 2.74. The molecule has 0 unspecified atom stereocenters. The number of hydrogen-bond acceptors (Lipinski definition) is 5. The molecule has 8 heteroatoms. The second-order valence-electron chi connectivity index (χ2n) is 4.40. The number of methoxy groups -OCH3 is 1. The largest absolute Gasteiger partial charge is 0.496 e. The van der Waals surface area contributed by atoms with Crippen molar-refractivity contribution in [3.05, 3.63) is 39.9 Å². The summed E-state index contributed by atoms with van der Waals surface area (Å²) in [6.45, 7) is 0. The Bertz CT molecular complexity index is 702. The molecule has 0 aliphatic rings. The maximum absolute atomic E-state index is 12.0. The highest BCUT2D eigenvalue weighted by Crippen LogP contribution is 2.24. The van der Waals surface area contributed by atoms with E-state index in [4.69, 9.17) is 21.4 Å². The van der Waals surface area contributed by atoms with E-state index < -0.39 is 5.97 Å². The number of carboxylic acids is 1. The van der Waals surface area contributed by atoms with E-state index in [1.54, 1.807) is 23.6 Å². The van der Waals surface area contributed by atoms with E-state index in [0.717, 1.165) is 0 Å². The fraction of sp³-hybridized carbons (Fsp3) is 0.214. The molecule has 2 aromatic rings. The number of amides is 1. The third kappa shape index (κ3) is 4.44. The molecule has 2 N–H and O–H groups in total. The molecule has 1 amide bonds. The van der Waals surface area contributed by atoms with E-state index in [0.29, 0.717) is 27.2 Å². The zero-order valence-corrected chi connectivity index (χ0v) is 13.2. The highest BCUT2D eigenvalue weighted by atomic mass is 35.5. The van der Waals surface area contributed by atoms with Crippen LogP contribution in [0.15, 0.2) is 23.6 Å². The Hall–Kier alpha value is -2.12. The molecule has 1 aromatic heterocycles. The van der Waals surface area contributed by atoms with Crippen LogP contribution >= 0.6 is 22.9 Å². The minimum atomic E-state index is -0.966. The van der Waals surface area contributed by atoms with Crippen molar-refractivity contribution in [2.45, 2.75) is 12.8 Å². The number of benzene rings is 1. The molecule has 6 nitrogen and oxygen atoms in total. The summed E-state index contributed by atoms with van der Waals surface area (Å²) in [6.07, 6.45) is -0.0912. The number of ether oxygens (including phenoxy) is 1. The van der Waals surface area contributed by atoms with E-state index in [1.165, 1.54) is 18.4 Å². The van der Waals surface area contributed by atoms with Crippen LogP contribution in [0.1, 0.15) is 11.3 Å². The van der Waals surface area contributed by atoms with Crippen LogP contribution in [-0.4, -0.2) is 29.1 Å². The van der Waals surface area contributed by atoms with Gasteiger partial charge in [0.1, 0.15) is 5.75 Å². The first kappa shape index (κ1) is 16.3. The number of nitrogens with zero attached hydrogens (tertiary/aromatic N) is 1. The summed E-state index contributed by atoms with van der Waals surface area (Å²) in [4.78, 5) is 26.7. The van der Waals surface area contributed by atoms with Gasteiger partial charge in [-0.05, 0) is 18.2 Å². The minimum absolute atomic E-state index is 0.0809. The lowest BCUT2D eigenvalue weighted by Crippen LogP contribution is -2.15. The van der Waals surface area contributed by atoms with Gasteiger partial charge in [0.25, 0.3) is 0 Å². The van der Waals surface area contributed by atoms with Gasteiger partial charge in [0.05, 0.1) is 25.6 Å². The number of nitrogens with one attached hydrogen (secondary N) is 1. The maximum Gasteiger partial charge on any atom is 0.309 e. The first-order valence-electron chi connectivity index (χ1n) is 6.26. The quantitative estimate of drug-likeness (QED) is 0.843. The van der Waals surface area contributed by atoms with Crippen molar-refractivity contribution in [2.24, 2.45) is 0 Å². The number of thiazole rings is 1. The summed E-state index contributed by atoms with van der Waals surface area (Å²) in [7, 11) is 1.52. The summed E-state index contributed by atoms with van der Waals surface area (Å²) >= 11 is 7.10.